The fraction of sp³-hybridized carbons (Fsp3) is 1.00. The molecule has 2 nitrogen and oxygen atoms in total. The molecule has 88 valence electrons. The van der Waals surface area contributed by atoms with E-state index in [1.54, 1.807) is 0 Å². The maximum atomic E-state index is 3.74. The summed E-state index contributed by atoms with van der Waals surface area (Å²) >= 11 is 0. The first-order valence-corrected chi connectivity index (χ1v) is 6.83. The molecule has 0 aromatic carbocycles. The smallest absolute Gasteiger partial charge is 0.0197 e. The Kier molecular flexibility index (Phi) is 4.45. The van der Waals surface area contributed by atoms with Gasteiger partial charge in [0.15, 0.2) is 0 Å². The summed E-state index contributed by atoms with van der Waals surface area (Å²) in [4.78, 5) is 2.68. The van der Waals surface area contributed by atoms with Crippen molar-refractivity contribution in [2.75, 3.05) is 19.6 Å². The third-order valence-electron chi connectivity index (χ3n) is 3.89. The van der Waals surface area contributed by atoms with E-state index in [1.165, 1.54) is 64.6 Å². The van der Waals surface area contributed by atoms with Crippen molar-refractivity contribution >= 4 is 0 Å². The SMILES string of the molecule is CC1CCCC(CN2CCCCCC2)N1. The number of nitrogens with one attached hydrogen (secondary N) is 1. The largest absolute Gasteiger partial charge is 0.310 e. The van der Waals surface area contributed by atoms with Crippen LogP contribution in [0.3, 0.4) is 0 Å². The first kappa shape index (κ1) is 11.4. The molecule has 0 bridgehead atoms. The normalized spacial score (nSPS) is 35.0. The second-order valence-corrected chi connectivity index (χ2v) is 5.41. The Balaban J connectivity index is 1.74. The predicted octanol–water partition coefficient (Wildman–Crippen LogP) is 2.39. The quantitative estimate of drug-likeness (QED) is 0.753. The van der Waals surface area contributed by atoms with Crippen molar-refractivity contribution in [2.24, 2.45) is 0 Å². The van der Waals surface area contributed by atoms with E-state index in [-0.39, 0.29) is 0 Å². The lowest BCUT2D eigenvalue weighted by molar-refractivity contribution is 0.215. The van der Waals surface area contributed by atoms with E-state index in [1.807, 2.05) is 0 Å². The van der Waals surface area contributed by atoms with Crippen LogP contribution in [0, 0.1) is 0 Å². The average molecular weight is 210 g/mol. The summed E-state index contributed by atoms with van der Waals surface area (Å²) in [5.74, 6) is 0. The van der Waals surface area contributed by atoms with Crippen LogP contribution in [0.4, 0.5) is 0 Å². The summed E-state index contributed by atoms with van der Waals surface area (Å²) in [7, 11) is 0. The molecular weight excluding hydrogens is 184 g/mol. The first-order valence-electron chi connectivity index (χ1n) is 6.83. The van der Waals surface area contributed by atoms with Crippen molar-refractivity contribution in [3.63, 3.8) is 0 Å². The van der Waals surface area contributed by atoms with E-state index in [9.17, 15) is 0 Å². The summed E-state index contributed by atoms with van der Waals surface area (Å²) in [6.07, 6.45) is 9.92. The molecule has 2 heteroatoms. The van der Waals surface area contributed by atoms with Crippen LogP contribution >= 0.6 is 0 Å². The zero-order chi connectivity index (χ0) is 10.5. The van der Waals surface area contributed by atoms with Gasteiger partial charge in [-0.2, -0.15) is 0 Å². The molecule has 0 aromatic heterocycles. The molecule has 2 saturated heterocycles. The van der Waals surface area contributed by atoms with E-state index in [0.29, 0.717) is 0 Å². The highest BCUT2D eigenvalue weighted by Crippen LogP contribution is 2.15. The minimum absolute atomic E-state index is 0.746. The van der Waals surface area contributed by atoms with Gasteiger partial charge in [-0.3, -0.25) is 0 Å². The van der Waals surface area contributed by atoms with Gasteiger partial charge in [0, 0.05) is 18.6 Å². The predicted molar refractivity (Wildman–Crippen MR) is 65.1 cm³/mol. The minimum Gasteiger partial charge on any atom is -0.310 e. The van der Waals surface area contributed by atoms with Crippen molar-refractivity contribution in [3.8, 4) is 0 Å². The Morgan fingerprint density at radius 2 is 1.73 bits per heavy atom. The highest BCUT2D eigenvalue weighted by Gasteiger charge is 2.20. The van der Waals surface area contributed by atoms with Crippen LogP contribution < -0.4 is 5.32 Å². The Morgan fingerprint density at radius 1 is 1.00 bits per heavy atom. The molecular formula is C13H26N2. The number of hydrogen-bond donors (Lipinski definition) is 1. The maximum Gasteiger partial charge on any atom is 0.0197 e. The molecule has 0 spiro atoms. The summed E-state index contributed by atoms with van der Waals surface area (Å²) in [5, 5.41) is 3.74. The number of piperidine rings is 1. The van der Waals surface area contributed by atoms with Crippen LogP contribution in [-0.2, 0) is 0 Å². The fourth-order valence-electron chi connectivity index (χ4n) is 3.01. The molecule has 2 aliphatic heterocycles. The number of likely N-dealkylation sites (tertiary alicyclic amines) is 1. The molecule has 1 N–H and O–H groups in total. The minimum atomic E-state index is 0.746. The van der Waals surface area contributed by atoms with Gasteiger partial charge in [0.05, 0.1) is 0 Å². The topological polar surface area (TPSA) is 15.3 Å². The molecule has 2 rings (SSSR count). The van der Waals surface area contributed by atoms with Gasteiger partial charge in [0.2, 0.25) is 0 Å². The van der Waals surface area contributed by atoms with E-state index < -0.39 is 0 Å². The van der Waals surface area contributed by atoms with Gasteiger partial charge in [0.1, 0.15) is 0 Å². The summed E-state index contributed by atoms with van der Waals surface area (Å²) in [6.45, 7) is 6.30. The van der Waals surface area contributed by atoms with Crippen molar-refractivity contribution in [3.05, 3.63) is 0 Å². The monoisotopic (exact) mass is 210 g/mol. The summed E-state index contributed by atoms with van der Waals surface area (Å²) < 4.78 is 0. The van der Waals surface area contributed by atoms with Gasteiger partial charge in [-0.1, -0.05) is 19.3 Å². The second kappa shape index (κ2) is 5.86. The Morgan fingerprint density at radius 3 is 2.40 bits per heavy atom. The van der Waals surface area contributed by atoms with Crippen LogP contribution in [0.5, 0.6) is 0 Å². The lowest BCUT2D eigenvalue weighted by Gasteiger charge is -2.33. The average Bonchev–Trinajstić information content (AvgIpc) is 2.46. The van der Waals surface area contributed by atoms with Gasteiger partial charge in [-0.25, -0.2) is 0 Å². The maximum absolute atomic E-state index is 3.74. The molecule has 0 aliphatic carbocycles. The molecule has 2 heterocycles. The zero-order valence-electron chi connectivity index (χ0n) is 10.2. The van der Waals surface area contributed by atoms with Crippen LogP contribution in [-0.4, -0.2) is 36.6 Å². The zero-order valence-corrected chi connectivity index (χ0v) is 10.2. The Bertz CT molecular complexity index is 173. The van der Waals surface area contributed by atoms with Crippen molar-refractivity contribution in [1.82, 2.24) is 10.2 Å². The molecule has 0 radical (unpaired) electrons. The van der Waals surface area contributed by atoms with Crippen LogP contribution in [0.1, 0.15) is 51.9 Å². The molecule has 0 aromatic rings. The van der Waals surface area contributed by atoms with Crippen LogP contribution in [0.25, 0.3) is 0 Å². The van der Waals surface area contributed by atoms with Gasteiger partial charge >= 0.3 is 0 Å². The summed E-state index contributed by atoms with van der Waals surface area (Å²) in [5.41, 5.74) is 0. The van der Waals surface area contributed by atoms with E-state index >= 15 is 0 Å². The molecule has 0 saturated carbocycles. The number of hydrogen-bond acceptors (Lipinski definition) is 2. The molecule has 2 fully saturated rings. The Labute approximate surface area is 94.4 Å². The molecule has 15 heavy (non-hydrogen) atoms. The van der Waals surface area contributed by atoms with Crippen molar-refractivity contribution < 1.29 is 0 Å². The van der Waals surface area contributed by atoms with Gasteiger partial charge in [0.25, 0.3) is 0 Å². The van der Waals surface area contributed by atoms with E-state index in [4.69, 9.17) is 0 Å². The fourth-order valence-corrected chi connectivity index (χ4v) is 3.01. The van der Waals surface area contributed by atoms with Crippen LogP contribution in [0.15, 0.2) is 0 Å². The van der Waals surface area contributed by atoms with Gasteiger partial charge in [-0.15, -0.1) is 0 Å². The Hall–Kier alpha value is -0.0800. The number of nitrogens with zero attached hydrogens (tertiary/aromatic N) is 1. The van der Waals surface area contributed by atoms with Gasteiger partial charge < -0.3 is 10.2 Å². The number of rotatable bonds is 2. The van der Waals surface area contributed by atoms with E-state index in [2.05, 4.69) is 17.1 Å². The standard InChI is InChI=1S/C13H26N2/c1-12-7-6-8-13(14-12)11-15-9-4-2-3-5-10-15/h12-14H,2-11H2,1H3. The molecule has 2 unspecified atom stereocenters. The second-order valence-electron chi connectivity index (χ2n) is 5.41. The van der Waals surface area contributed by atoms with Gasteiger partial charge in [-0.05, 0) is 45.7 Å². The highest BCUT2D eigenvalue weighted by atomic mass is 15.2. The highest BCUT2D eigenvalue weighted by molar-refractivity contribution is 4.81. The van der Waals surface area contributed by atoms with E-state index in [0.717, 1.165) is 12.1 Å². The van der Waals surface area contributed by atoms with Crippen molar-refractivity contribution in [2.45, 2.75) is 64.0 Å². The first-order chi connectivity index (χ1) is 7.34. The lowest BCUT2D eigenvalue weighted by atomic mass is 9.99. The third kappa shape index (κ3) is 3.76. The van der Waals surface area contributed by atoms with Crippen LogP contribution in [0.2, 0.25) is 0 Å². The summed E-state index contributed by atoms with van der Waals surface area (Å²) in [6, 6.07) is 1.52. The lowest BCUT2D eigenvalue weighted by Crippen LogP contribution is -2.47. The van der Waals surface area contributed by atoms with Crippen molar-refractivity contribution in [1.29, 1.82) is 0 Å². The molecule has 2 aliphatic rings. The molecule has 0 amide bonds. The molecule has 2 atom stereocenters. The third-order valence-corrected chi connectivity index (χ3v) is 3.89.